The van der Waals surface area contributed by atoms with E-state index in [1.807, 2.05) is 13.0 Å². The molecule has 0 aliphatic heterocycles. The third-order valence-corrected chi connectivity index (χ3v) is 1.58. The Bertz CT molecular complexity index is 258. The lowest BCUT2D eigenvalue weighted by molar-refractivity contribution is 0.287. The van der Waals surface area contributed by atoms with Crippen molar-refractivity contribution in [2.75, 3.05) is 0 Å². The van der Waals surface area contributed by atoms with Gasteiger partial charge in [-0.15, -0.1) is 5.10 Å². The lowest BCUT2D eigenvalue weighted by atomic mass is 10.3. The van der Waals surface area contributed by atoms with Crippen molar-refractivity contribution in [1.29, 1.82) is 0 Å². The SMILES string of the molecule is Cc1cnnc(OC2CC2)c1. The van der Waals surface area contributed by atoms with Gasteiger partial charge in [0.05, 0.1) is 6.20 Å². The summed E-state index contributed by atoms with van der Waals surface area (Å²) in [4.78, 5) is 0. The zero-order valence-corrected chi connectivity index (χ0v) is 6.45. The minimum Gasteiger partial charge on any atom is -0.473 e. The molecule has 1 heterocycles. The molecular weight excluding hydrogens is 140 g/mol. The first-order valence-corrected chi connectivity index (χ1v) is 3.80. The van der Waals surface area contributed by atoms with Gasteiger partial charge in [0.25, 0.3) is 0 Å². The van der Waals surface area contributed by atoms with Crippen molar-refractivity contribution in [2.45, 2.75) is 25.9 Å². The smallest absolute Gasteiger partial charge is 0.233 e. The molecule has 58 valence electrons. The third-order valence-electron chi connectivity index (χ3n) is 1.58. The van der Waals surface area contributed by atoms with Crippen molar-refractivity contribution < 1.29 is 4.74 Å². The maximum atomic E-state index is 5.43. The monoisotopic (exact) mass is 150 g/mol. The van der Waals surface area contributed by atoms with Crippen LogP contribution < -0.4 is 4.74 Å². The molecule has 0 aromatic carbocycles. The van der Waals surface area contributed by atoms with Gasteiger partial charge in [-0.2, -0.15) is 5.10 Å². The molecule has 0 bridgehead atoms. The quantitative estimate of drug-likeness (QED) is 0.637. The second kappa shape index (κ2) is 2.49. The summed E-state index contributed by atoms with van der Waals surface area (Å²) >= 11 is 0. The normalized spacial score (nSPS) is 16.5. The molecule has 0 spiro atoms. The Morgan fingerprint density at radius 2 is 2.36 bits per heavy atom. The molecule has 0 amide bonds. The number of hydrogen-bond donors (Lipinski definition) is 0. The molecular formula is C8H10N2O. The topological polar surface area (TPSA) is 35.0 Å². The van der Waals surface area contributed by atoms with Crippen LogP contribution in [0.15, 0.2) is 12.3 Å². The highest BCUT2D eigenvalue weighted by Gasteiger charge is 2.23. The van der Waals surface area contributed by atoms with E-state index in [4.69, 9.17) is 4.74 Å². The van der Waals surface area contributed by atoms with Gasteiger partial charge in [0, 0.05) is 6.07 Å². The van der Waals surface area contributed by atoms with Crippen LogP contribution >= 0.6 is 0 Å². The fourth-order valence-corrected chi connectivity index (χ4v) is 0.852. The van der Waals surface area contributed by atoms with Crippen molar-refractivity contribution in [2.24, 2.45) is 0 Å². The first kappa shape index (κ1) is 6.58. The predicted molar refractivity (Wildman–Crippen MR) is 40.4 cm³/mol. The van der Waals surface area contributed by atoms with Crippen LogP contribution in [0.2, 0.25) is 0 Å². The van der Waals surface area contributed by atoms with E-state index in [-0.39, 0.29) is 0 Å². The van der Waals surface area contributed by atoms with Crippen LogP contribution in [0.5, 0.6) is 5.88 Å². The standard InChI is InChI=1S/C8H10N2O/c1-6-4-8(10-9-5-6)11-7-2-3-7/h4-5,7H,2-3H2,1H3. The Morgan fingerprint density at radius 1 is 1.55 bits per heavy atom. The number of ether oxygens (including phenoxy) is 1. The molecule has 0 atom stereocenters. The third kappa shape index (κ3) is 1.67. The minimum absolute atomic E-state index is 0.408. The number of aromatic nitrogens is 2. The average molecular weight is 150 g/mol. The first-order valence-electron chi connectivity index (χ1n) is 3.80. The Balaban J connectivity index is 2.10. The molecule has 0 N–H and O–H groups in total. The average Bonchev–Trinajstić information content (AvgIpc) is 2.71. The van der Waals surface area contributed by atoms with Gasteiger partial charge in [-0.25, -0.2) is 0 Å². The highest BCUT2D eigenvalue weighted by Crippen LogP contribution is 2.25. The Labute approximate surface area is 65.4 Å². The van der Waals surface area contributed by atoms with E-state index in [0.29, 0.717) is 12.0 Å². The van der Waals surface area contributed by atoms with Crippen LogP contribution in [0.25, 0.3) is 0 Å². The molecule has 1 aliphatic carbocycles. The van der Waals surface area contributed by atoms with Gasteiger partial charge in [-0.05, 0) is 25.3 Å². The summed E-state index contributed by atoms with van der Waals surface area (Å²) < 4.78 is 5.43. The minimum atomic E-state index is 0.408. The van der Waals surface area contributed by atoms with E-state index in [2.05, 4.69) is 10.2 Å². The Hall–Kier alpha value is -1.12. The summed E-state index contributed by atoms with van der Waals surface area (Å²) in [5, 5.41) is 7.64. The van der Waals surface area contributed by atoms with Gasteiger partial charge in [-0.3, -0.25) is 0 Å². The van der Waals surface area contributed by atoms with Gasteiger partial charge in [0.15, 0.2) is 0 Å². The molecule has 11 heavy (non-hydrogen) atoms. The summed E-state index contributed by atoms with van der Waals surface area (Å²) in [6.07, 6.45) is 4.46. The second-order valence-corrected chi connectivity index (χ2v) is 2.89. The van der Waals surface area contributed by atoms with Crippen LogP contribution in [0.4, 0.5) is 0 Å². The number of nitrogens with zero attached hydrogens (tertiary/aromatic N) is 2. The summed E-state index contributed by atoms with van der Waals surface area (Å²) in [6, 6.07) is 1.91. The maximum absolute atomic E-state index is 5.43. The van der Waals surface area contributed by atoms with Crippen LogP contribution in [0.3, 0.4) is 0 Å². The Morgan fingerprint density at radius 3 is 3.00 bits per heavy atom. The van der Waals surface area contributed by atoms with Crippen LogP contribution in [-0.2, 0) is 0 Å². The van der Waals surface area contributed by atoms with Crippen molar-refractivity contribution in [1.82, 2.24) is 10.2 Å². The number of hydrogen-bond acceptors (Lipinski definition) is 3. The van der Waals surface area contributed by atoms with Gasteiger partial charge in [0.1, 0.15) is 6.10 Å². The van der Waals surface area contributed by atoms with E-state index in [9.17, 15) is 0 Å². The molecule has 0 saturated heterocycles. The number of aryl methyl sites for hydroxylation is 1. The van der Waals surface area contributed by atoms with Crippen LogP contribution in [-0.4, -0.2) is 16.3 Å². The Kier molecular flexibility index (Phi) is 1.49. The summed E-state index contributed by atoms with van der Waals surface area (Å²) in [5.41, 5.74) is 1.09. The summed E-state index contributed by atoms with van der Waals surface area (Å²) in [5.74, 6) is 0.660. The van der Waals surface area contributed by atoms with E-state index < -0.39 is 0 Å². The van der Waals surface area contributed by atoms with Crippen molar-refractivity contribution in [3.8, 4) is 5.88 Å². The molecule has 1 aromatic heterocycles. The summed E-state index contributed by atoms with van der Waals surface area (Å²) in [6.45, 7) is 1.98. The van der Waals surface area contributed by atoms with E-state index >= 15 is 0 Å². The van der Waals surface area contributed by atoms with E-state index in [1.54, 1.807) is 6.20 Å². The second-order valence-electron chi connectivity index (χ2n) is 2.89. The van der Waals surface area contributed by atoms with Gasteiger partial charge in [-0.1, -0.05) is 0 Å². The molecule has 0 unspecified atom stereocenters. The number of rotatable bonds is 2. The van der Waals surface area contributed by atoms with Crippen LogP contribution in [0, 0.1) is 6.92 Å². The largest absolute Gasteiger partial charge is 0.473 e. The van der Waals surface area contributed by atoms with Crippen molar-refractivity contribution in [3.05, 3.63) is 17.8 Å². The molecule has 3 heteroatoms. The first-order chi connectivity index (χ1) is 5.34. The predicted octanol–water partition coefficient (Wildman–Crippen LogP) is 1.33. The lowest BCUT2D eigenvalue weighted by Crippen LogP contribution is -1.99. The highest BCUT2D eigenvalue weighted by molar-refractivity contribution is 5.15. The van der Waals surface area contributed by atoms with Gasteiger partial charge >= 0.3 is 0 Å². The molecule has 1 fully saturated rings. The van der Waals surface area contributed by atoms with Gasteiger partial charge < -0.3 is 4.74 Å². The maximum Gasteiger partial charge on any atom is 0.233 e. The zero-order chi connectivity index (χ0) is 7.68. The molecule has 3 nitrogen and oxygen atoms in total. The zero-order valence-electron chi connectivity index (χ0n) is 6.45. The highest BCUT2D eigenvalue weighted by atomic mass is 16.5. The fourth-order valence-electron chi connectivity index (χ4n) is 0.852. The van der Waals surface area contributed by atoms with E-state index in [1.165, 1.54) is 0 Å². The van der Waals surface area contributed by atoms with Gasteiger partial charge in [0.2, 0.25) is 5.88 Å². The molecule has 1 aromatic rings. The molecule has 1 aliphatic rings. The van der Waals surface area contributed by atoms with Crippen molar-refractivity contribution in [3.63, 3.8) is 0 Å². The van der Waals surface area contributed by atoms with Crippen molar-refractivity contribution >= 4 is 0 Å². The summed E-state index contributed by atoms with van der Waals surface area (Å²) in [7, 11) is 0. The van der Waals surface area contributed by atoms with E-state index in [0.717, 1.165) is 18.4 Å². The lowest BCUT2D eigenvalue weighted by Gasteiger charge is -2.00. The van der Waals surface area contributed by atoms with Crippen LogP contribution in [0.1, 0.15) is 18.4 Å². The molecule has 2 rings (SSSR count). The molecule has 0 radical (unpaired) electrons. The fraction of sp³-hybridized carbons (Fsp3) is 0.500. The molecule has 1 saturated carbocycles.